The van der Waals surface area contributed by atoms with Crippen LogP contribution in [-0.4, -0.2) is 12.1 Å². The number of aromatic nitrogens is 1. The Balaban J connectivity index is 2.00. The molecule has 0 radical (unpaired) electrons. The van der Waals surface area contributed by atoms with Crippen LogP contribution in [0.5, 0.6) is 11.6 Å². The minimum atomic E-state index is 0.449. The fraction of sp³-hybridized carbons (Fsp3) is 0.133. The smallest absolute Gasteiger partial charge is 0.214 e. The summed E-state index contributed by atoms with van der Waals surface area (Å²) >= 11 is 0. The summed E-state index contributed by atoms with van der Waals surface area (Å²) in [7, 11) is 1.64. The zero-order chi connectivity index (χ0) is 12.8. The SMILES string of the molecule is C#Cc1ccnc(OCc2ccc(OC)cc2)c1. The summed E-state index contributed by atoms with van der Waals surface area (Å²) in [5.74, 6) is 3.90. The number of ether oxygens (including phenoxy) is 2. The molecule has 0 saturated heterocycles. The molecule has 0 N–H and O–H groups in total. The molecular weight excluding hydrogens is 226 g/mol. The van der Waals surface area contributed by atoms with E-state index in [4.69, 9.17) is 15.9 Å². The maximum atomic E-state index is 5.56. The number of hydrogen-bond donors (Lipinski definition) is 0. The zero-order valence-electron chi connectivity index (χ0n) is 10.1. The average molecular weight is 239 g/mol. The van der Waals surface area contributed by atoms with Crippen LogP contribution in [0.1, 0.15) is 11.1 Å². The van der Waals surface area contributed by atoms with Crippen LogP contribution in [0.15, 0.2) is 42.6 Å². The van der Waals surface area contributed by atoms with Crippen LogP contribution in [-0.2, 0) is 6.61 Å². The van der Waals surface area contributed by atoms with Gasteiger partial charge in [-0.05, 0) is 23.8 Å². The van der Waals surface area contributed by atoms with E-state index < -0.39 is 0 Å². The monoisotopic (exact) mass is 239 g/mol. The molecule has 0 bridgehead atoms. The van der Waals surface area contributed by atoms with E-state index in [1.54, 1.807) is 25.4 Å². The van der Waals surface area contributed by atoms with Gasteiger partial charge in [0.2, 0.25) is 5.88 Å². The molecule has 1 aromatic heterocycles. The van der Waals surface area contributed by atoms with Crippen molar-refractivity contribution < 1.29 is 9.47 Å². The first-order valence-electron chi connectivity index (χ1n) is 5.50. The molecule has 0 amide bonds. The summed E-state index contributed by atoms with van der Waals surface area (Å²) < 4.78 is 10.6. The molecule has 2 rings (SSSR count). The topological polar surface area (TPSA) is 31.4 Å². The van der Waals surface area contributed by atoms with Crippen molar-refractivity contribution in [1.29, 1.82) is 0 Å². The highest BCUT2D eigenvalue weighted by molar-refractivity contribution is 5.34. The lowest BCUT2D eigenvalue weighted by atomic mass is 10.2. The number of hydrogen-bond acceptors (Lipinski definition) is 3. The second-order valence-electron chi connectivity index (χ2n) is 3.66. The van der Waals surface area contributed by atoms with Crippen LogP contribution < -0.4 is 9.47 Å². The van der Waals surface area contributed by atoms with E-state index in [2.05, 4.69) is 10.9 Å². The molecule has 0 aliphatic carbocycles. The Morgan fingerprint density at radius 2 is 2.00 bits per heavy atom. The van der Waals surface area contributed by atoms with Crippen molar-refractivity contribution in [2.24, 2.45) is 0 Å². The highest BCUT2D eigenvalue weighted by Gasteiger charge is 1.99. The van der Waals surface area contributed by atoms with Crippen LogP contribution in [0.4, 0.5) is 0 Å². The van der Waals surface area contributed by atoms with Crippen molar-refractivity contribution in [3.63, 3.8) is 0 Å². The van der Waals surface area contributed by atoms with Gasteiger partial charge in [0, 0.05) is 17.8 Å². The first-order chi connectivity index (χ1) is 8.81. The van der Waals surface area contributed by atoms with Gasteiger partial charge in [-0.15, -0.1) is 6.42 Å². The molecule has 3 nitrogen and oxygen atoms in total. The van der Waals surface area contributed by atoms with Gasteiger partial charge in [-0.1, -0.05) is 18.1 Å². The summed E-state index contributed by atoms with van der Waals surface area (Å²) in [4.78, 5) is 4.09. The van der Waals surface area contributed by atoms with E-state index in [1.807, 2.05) is 24.3 Å². The maximum absolute atomic E-state index is 5.56. The molecule has 0 spiro atoms. The van der Waals surface area contributed by atoms with Crippen LogP contribution in [0.25, 0.3) is 0 Å². The Morgan fingerprint density at radius 3 is 2.67 bits per heavy atom. The Kier molecular flexibility index (Phi) is 3.83. The predicted molar refractivity (Wildman–Crippen MR) is 69.5 cm³/mol. The summed E-state index contributed by atoms with van der Waals surface area (Å²) in [6.45, 7) is 0.449. The van der Waals surface area contributed by atoms with Gasteiger partial charge in [0.25, 0.3) is 0 Å². The third-order valence-electron chi connectivity index (χ3n) is 2.45. The first kappa shape index (κ1) is 12.0. The molecule has 0 fully saturated rings. The van der Waals surface area contributed by atoms with E-state index >= 15 is 0 Å². The van der Waals surface area contributed by atoms with Crippen LogP contribution >= 0.6 is 0 Å². The second-order valence-corrected chi connectivity index (χ2v) is 3.66. The normalized spacial score (nSPS) is 9.56. The Hall–Kier alpha value is -2.47. The van der Waals surface area contributed by atoms with Gasteiger partial charge in [-0.25, -0.2) is 4.98 Å². The molecule has 0 saturated carbocycles. The Morgan fingerprint density at radius 1 is 1.22 bits per heavy atom. The predicted octanol–water partition coefficient (Wildman–Crippen LogP) is 2.65. The van der Waals surface area contributed by atoms with E-state index in [9.17, 15) is 0 Å². The Labute approximate surface area is 106 Å². The van der Waals surface area contributed by atoms with E-state index in [0.29, 0.717) is 12.5 Å². The van der Waals surface area contributed by atoms with Crippen molar-refractivity contribution in [3.8, 4) is 24.0 Å². The number of methoxy groups -OCH3 is 1. The fourth-order valence-electron chi connectivity index (χ4n) is 1.46. The number of benzene rings is 1. The van der Waals surface area contributed by atoms with Gasteiger partial charge in [0.1, 0.15) is 12.4 Å². The molecule has 0 aliphatic heterocycles. The lowest BCUT2D eigenvalue weighted by Gasteiger charge is -2.06. The van der Waals surface area contributed by atoms with E-state index in [1.165, 1.54) is 0 Å². The van der Waals surface area contributed by atoms with Crippen LogP contribution in [0.2, 0.25) is 0 Å². The van der Waals surface area contributed by atoms with Crippen molar-refractivity contribution in [2.45, 2.75) is 6.61 Å². The summed E-state index contributed by atoms with van der Waals surface area (Å²) in [5, 5.41) is 0. The van der Waals surface area contributed by atoms with Crippen molar-refractivity contribution in [3.05, 3.63) is 53.7 Å². The van der Waals surface area contributed by atoms with Gasteiger partial charge in [-0.3, -0.25) is 0 Å². The van der Waals surface area contributed by atoms with E-state index in [-0.39, 0.29) is 0 Å². The minimum absolute atomic E-state index is 0.449. The highest BCUT2D eigenvalue weighted by Crippen LogP contribution is 2.14. The highest BCUT2D eigenvalue weighted by atomic mass is 16.5. The lowest BCUT2D eigenvalue weighted by molar-refractivity contribution is 0.293. The molecule has 0 aliphatic rings. The van der Waals surface area contributed by atoms with Gasteiger partial charge in [0.15, 0.2) is 0 Å². The van der Waals surface area contributed by atoms with Crippen molar-refractivity contribution >= 4 is 0 Å². The quantitative estimate of drug-likeness (QED) is 0.769. The average Bonchev–Trinajstić information content (AvgIpc) is 2.46. The third-order valence-corrected chi connectivity index (χ3v) is 2.45. The minimum Gasteiger partial charge on any atom is -0.497 e. The van der Waals surface area contributed by atoms with Gasteiger partial charge in [-0.2, -0.15) is 0 Å². The molecular formula is C15H13NO2. The first-order valence-corrected chi connectivity index (χ1v) is 5.50. The van der Waals surface area contributed by atoms with Gasteiger partial charge >= 0.3 is 0 Å². The largest absolute Gasteiger partial charge is 0.497 e. The maximum Gasteiger partial charge on any atom is 0.214 e. The molecule has 18 heavy (non-hydrogen) atoms. The van der Waals surface area contributed by atoms with E-state index in [0.717, 1.165) is 16.9 Å². The van der Waals surface area contributed by atoms with Crippen LogP contribution in [0.3, 0.4) is 0 Å². The van der Waals surface area contributed by atoms with Gasteiger partial charge in [0.05, 0.1) is 7.11 Å². The third kappa shape index (κ3) is 3.02. The fourth-order valence-corrected chi connectivity index (χ4v) is 1.46. The van der Waals surface area contributed by atoms with Crippen molar-refractivity contribution in [1.82, 2.24) is 4.98 Å². The zero-order valence-corrected chi connectivity index (χ0v) is 10.1. The molecule has 90 valence electrons. The molecule has 0 unspecified atom stereocenters. The molecule has 3 heteroatoms. The molecule has 1 aromatic carbocycles. The Bertz CT molecular complexity index is 555. The molecule has 1 heterocycles. The standard InChI is InChI=1S/C15H13NO2/c1-3-12-8-9-16-15(10-12)18-11-13-4-6-14(17-2)7-5-13/h1,4-10H,11H2,2H3. The summed E-state index contributed by atoms with van der Waals surface area (Å²) in [6, 6.07) is 11.2. The van der Waals surface area contributed by atoms with Crippen LogP contribution in [0, 0.1) is 12.3 Å². The molecule has 0 atom stereocenters. The summed E-state index contributed by atoms with van der Waals surface area (Å²) in [6.07, 6.45) is 6.95. The number of terminal acetylenes is 1. The van der Waals surface area contributed by atoms with Crippen molar-refractivity contribution in [2.75, 3.05) is 7.11 Å². The number of rotatable bonds is 4. The molecule has 2 aromatic rings. The number of pyridine rings is 1. The van der Waals surface area contributed by atoms with Gasteiger partial charge < -0.3 is 9.47 Å². The summed E-state index contributed by atoms with van der Waals surface area (Å²) in [5.41, 5.74) is 1.80. The second kappa shape index (κ2) is 5.74. The number of nitrogens with zero attached hydrogens (tertiary/aromatic N) is 1. The lowest BCUT2D eigenvalue weighted by Crippen LogP contribution is -1.97.